The van der Waals surface area contributed by atoms with Gasteiger partial charge in [-0.25, -0.2) is 4.98 Å². The van der Waals surface area contributed by atoms with Crippen molar-refractivity contribution >= 4 is 23.0 Å². The molecule has 1 fully saturated rings. The van der Waals surface area contributed by atoms with Crippen LogP contribution in [-0.4, -0.2) is 29.5 Å². The first-order valence-corrected chi connectivity index (χ1v) is 8.41. The van der Waals surface area contributed by atoms with Gasteiger partial charge in [0.1, 0.15) is 0 Å². The van der Waals surface area contributed by atoms with Crippen molar-refractivity contribution in [3.8, 4) is 0 Å². The highest BCUT2D eigenvalue weighted by molar-refractivity contribution is 7.09. The molecule has 1 atom stereocenters. The number of aromatic nitrogens is 1. The summed E-state index contributed by atoms with van der Waals surface area (Å²) in [6.07, 6.45) is 15.1. The molecular formula is C17H20N2S. The van der Waals surface area contributed by atoms with Crippen LogP contribution in [0.3, 0.4) is 0 Å². The molecule has 3 aliphatic rings. The minimum Gasteiger partial charge on any atom is -0.303 e. The molecule has 0 radical (unpaired) electrons. The van der Waals surface area contributed by atoms with E-state index in [0.717, 1.165) is 18.9 Å². The largest absolute Gasteiger partial charge is 0.303 e. The van der Waals surface area contributed by atoms with E-state index in [1.165, 1.54) is 51.8 Å². The van der Waals surface area contributed by atoms with E-state index in [9.17, 15) is 0 Å². The smallest absolute Gasteiger partial charge is 0.0939 e. The summed E-state index contributed by atoms with van der Waals surface area (Å²) >= 11 is 1.90. The number of rotatable bonds is 3. The maximum absolute atomic E-state index is 4.92. The van der Waals surface area contributed by atoms with E-state index in [1.54, 1.807) is 0 Å². The van der Waals surface area contributed by atoms with Crippen molar-refractivity contribution in [2.45, 2.75) is 38.1 Å². The fourth-order valence-electron chi connectivity index (χ4n) is 3.52. The van der Waals surface area contributed by atoms with E-state index >= 15 is 0 Å². The number of fused-ring (bicyclic) bond motifs is 2. The lowest BCUT2D eigenvalue weighted by atomic mass is 10.0. The standard InChI is InChI=1S/C17H20N2S/c1-19-10-4-6-13(19)8-9-16-18-17-14-7-3-2-5-12(14)11-15(17)20-16/h2-3,5,11,13H,4,6-10H2,1H3. The minimum atomic E-state index is 0.776. The second-order valence-corrected chi connectivity index (χ2v) is 7.13. The summed E-state index contributed by atoms with van der Waals surface area (Å²) < 4.78 is 1.38. The van der Waals surface area contributed by atoms with Crippen molar-refractivity contribution in [3.63, 3.8) is 0 Å². The Balaban J connectivity index is 1.54. The second kappa shape index (κ2) is 4.97. The number of hydrogen-bond acceptors (Lipinski definition) is 3. The molecular weight excluding hydrogens is 264 g/mol. The highest BCUT2D eigenvalue weighted by atomic mass is 32.1. The molecule has 20 heavy (non-hydrogen) atoms. The number of nitrogens with zero attached hydrogens (tertiary/aromatic N) is 2. The van der Waals surface area contributed by atoms with Gasteiger partial charge in [-0.15, -0.1) is 11.3 Å². The van der Waals surface area contributed by atoms with Gasteiger partial charge in [-0.1, -0.05) is 18.2 Å². The zero-order valence-electron chi connectivity index (χ0n) is 11.9. The van der Waals surface area contributed by atoms with Crippen molar-refractivity contribution < 1.29 is 0 Å². The van der Waals surface area contributed by atoms with Gasteiger partial charge in [0.15, 0.2) is 0 Å². The third kappa shape index (κ3) is 2.09. The van der Waals surface area contributed by atoms with Crippen LogP contribution in [0.25, 0.3) is 11.6 Å². The molecule has 1 unspecified atom stereocenters. The van der Waals surface area contributed by atoms with Gasteiger partial charge in [-0.05, 0) is 56.5 Å². The lowest BCUT2D eigenvalue weighted by molar-refractivity contribution is 0.296. The number of likely N-dealkylation sites (tertiary alicyclic amines) is 1. The molecule has 0 N–H and O–H groups in total. The van der Waals surface area contributed by atoms with Crippen molar-refractivity contribution in [2.75, 3.05) is 13.6 Å². The summed E-state index contributed by atoms with van der Waals surface area (Å²) in [4.78, 5) is 7.43. The molecule has 104 valence electrons. The van der Waals surface area contributed by atoms with Crippen LogP contribution in [0.2, 0.25) is 0 Å². The Kier molecular flexibility index (Phi) is 3.12. The zero-order chi connectivity index (χ0) is 13.5. The summed E-state index contributed by atoms with van der Waals surface area (Å²) in [5.74, 6) is 0. The molecule has 0 amide bonds. The third-order valence-electron chi connectivity index (χ3n) is 4.72. The quantitative estimate of drug-likeness (QED) is 0.844. The molecule has 2 nitrogen and oxygen atoms in total. The molecule has 2 heterocycles. The number of allylic oxidation sites excluding steroid dienone is 4. The van der Waals surface area contributed by atoms with Gasteiger partial charge in [0.05, 0.1) is 14.9 Å². The van der Waals surface area contributed by atoms with Gasteiger partial charge < -0.3 is 4.90 Å². The SMILES string of the molecule is CN1CCCC1CCc1nc2c(s1)=CC1=CC=CCC=21. The highest BCUT2D eigenvalue weighted by Gasteiger charge is 2.21. The topological polar surface area (TPSA) is 16.1 Å². The molecule has 0 aromatic carbocycles. The predicted octanol–water partition coefficient (Wildman–Crippen LogP) is 2.00. The van der Waals surface area contributed by atoms with Gasteiger partial charge in [-0.2, -0.15) is 0 Å². The van der Waals surface area contributed by atoms with E-state index in [1.807, 2.05) is 11.3 Å². The van der Waals surface area contributed by atoms with Gasteiger partial charge >= 0.3 is 0 Å². The Morgan fingerprint density at radius 2 is 2.40 bits per heavy atom. The molecule has 0 bridgehead atoms. The van der Waals surface area contributed by atoms with Crippen molar-refractivity contribution in [3.05, 3.63) is 38.7 Å². The second-order valence-electron chi connectivity index (χ2n) is 6.01. The molecule has 3 heteroatoms. The lowest BCUT2D eigenvalue weighted by Crippen LogP contribution is -2.25. The molecule has 0 saturated carbocycles. The van der Waals surface area contributed by atoms with Crippen LogP contribution >= 0.6 is 11.3 Å². The fourth-order valence-corrected chi connectivity index (χ4v) is 4.58. The summed E-state index contributed by atoms with van der Waals surface area (Å²) in [6, 6.07) is 0.776. The Bertz CT molecular complexity index is 708. The molecule has 2 aliphatic carbocycles. The molecule has 4 rings (SSSR count). The third-order valence-corrected chi connectivity index (χ3v) is 5.78. The summed E-state index contributed by atoms with van der Waals surface area (Å²) in [6.45, 7) is 1.27. The monoisotopic (exact) mass is 284 g/mol. The van der Waals surface area contributed by atoms with Crippen LogP contribution in [0.4, 0.5) is 0 Å². The molecule has 1 aromatic rings. The maximum Gasteiger partial charge on any atom is 0.0939 e. The van der Waals surface area contributed by atoms with Gasteiger partial charge in [-0.3, -0.25) is 0 Å². The normalized spacial score (nSPS) is 24.6. The summed E-state index contributed by atoms with van der Waals surface area (Å²) in [5, 5.41) is 2.59. The van der Waals surface area contributed by atoms with E-state index in [2.05, 4.69) is 36.3 Å². The Morgan fingerprint density at radius 3 is 3.25 bits per heavy atom. The molecule has 1 aromatic heterocycles. The van der Waals surface area contributed by atoms with Crippen LogP contribution in [0.5, 0.6) is 0 Å². The summed E-state index contributed by atoms with van der Waals surface area (Å²) in [7, 11) is 2.26. The average molecular weight is 284 g/mol. The highest BCUT2D eigenvalue weighted by Crippen LogP contribution is 2.24. The predicted molar refractivity (Wildman–Crippen MR) is 85.1 cm³/mol. The van der Waals surface area contributed by atoms with Crippen molar-refractivity contribution in [1.82, 2.24) is 9.88 Å². The van der Waals surface area contributed by atoms with Crippen molar-refractivity contribution in [1.29, 1.82) is 0 Å². The van der Waals surface area contributed by atoms with Crippen LogP contribution in [-0.2, 0) is 6.42 Å². The molecule has 0 spiro atoms. The molecule has 1 aliphatic heterocycles. The van der Waals surface area contributed by atoms with Crippen LogP contribution in [0, 0.1) is 0 Å². The average Bonchev–Trinajstić information content (AvgIpc) is 3.10. The lowest BCUT2D eigenvalue weighted by Gasteiger charge is -2.18. The number of hydrogen-bond donors (Lipinski definition) is 0. The first-order chi connectivity index (χ1) is 9.81. The van der Waals surface area contributed by atoms with E-state index in [0.29, 0.717) is 0 Å². The van der Waals surface area contributed by atoms with E-state index in [-0.39, 0.29) is 0 Å². The van der Waals surface area contributed by atoms with Gasteiger partial charge in [0.25, 0.3) is 0 Å². The Morgan fingerprint density at radius 1 is 1.45 bits per heavy atom. The van der Waals surface area contributed by atoms with E-state index < -0.39 is 0 Å². The number of aryl methyl sites for hydroxylation is 1. The van der Waals surface area contributed by atoms with Crippen LogP contribution < -0.4 is 9.88 Å². The molecule has 1 saturated heterocycles. The first-order valence-electron chi connectivity index (χ1n) is 7.59. The van der Waals surface area contributed by atoms with Gasteiger partial charge in [0.2, 0.25) is 0 Å². The summed E-state index contributed by atoms with van der Waals surface area (Å²) in [5.41, 5.74) is 2.81. The van der Waals surface area contributed by atoms with Crippen LogP contribution in [0.1, 0.15) is 30.7 Å². The number of thiazole rings is 1. The first kappa shape index (κ1) is 12.5. The minimum absolute atomic E-state index is 0.776. The Labute approximate surface area is 123 Å². The fraction of sp³-hybridized carbons (Fsp3) is 0.471. The zero-order valence-corrected chi connectivity index (χ0v) is 12.7. The van der Waals surface area contributed by atoms with Gasteiger partial charge in [0, 0.05) is 12.5 Å². The Hall–Kier alpha value is -1.19. The van der Waals surface area contributed by atoms with E-state index in [4.69, 9.17) is 4.98 Å². The van der Waals surface area contributed by atoms with Crippen molar-refractivity contribution in [2.24, 2.45) is 0 Å². The van der Waals surface area contributed by atoms with Crippen LogP contribution in [0.15, 0.2) is 23.8 Å². The maximum atomic E-state index is 4.92.